The van der Waals surface area contributed by atoms with Crippen LogP contribution in [0.3, 0.4) is 0 Å². The van der Waals surface area contributed by atoms with Crippen molar-refractivity contribution < 1.29 is 23.0 Å². The normalized spacial score (nSPS) is 24.1. The van der Waals surface area contributed by atoms with Crippen LogP contribution in [0.25, 0.3) is 0 Å². The monoisotopic (exact) mass is 441 g/mol. The number of amides is 1. The van der Waals surface area contributed by atoms with E-state index in [1.807, 2.05) is 11.0 Å². The molecule has 2 aliphatic heterocycles. The standard InChI is InChI=1S/C26H29F2NO3/c27-21-8-2-1-7-20(21)26(11-5-6-12-26)24(30)29-15-13-25(14-16-29)17-19(18-31-25)32-23-10-4-3-9-22(23)28/h1-4,7-10,19H,5-6,11-18H2/t19-/m0/s1. The molecule has 2 aromatic rings. The fourth-order valence-corrected chi connectivity index (χ4v) is 5.79. The lowest BCUT2D eigenvalue weighted by molar-refractivity contribution is -0.142. The minimum Gasteiger partial charge on any atom is -0.485 e. The third-order valence-corrected chi connectivity index (χ3v) is 7.52. The minimum atomic E-state index is -0.747. The molecular formula is C26H29F2NO3. The van der Waals surface area contributed by atoms with Gasteiger partial charge in [0.05, 0.1) is 17.6 Å². The third-order valence-electron chi connectivity index (χ3n) is 7.52. The number of hydrogen-bond acceptors (Lipinski definition) is 3. The van der Waals surface area contributed by atoms with Crippen LogP contribution in [0, 0.1) is 11.6 Å². The Labute approximate surface area is 187 Å². The number of para-hydroxylation sites is 1. The highest BCUT2D eigenvalue weighted by Crippen LogP contribution is 2.45. The molecule has 5 rings (SSSR count). The van der Waals surface area contributed by atoms with Gasteiger partial charge in [-0.05, 0) is 43.9 Å². The number of benzene rings is 2. The number of likely N-dealkylation sites (tertiary alicyclic amines) is 1. The highest BCUT2D eigenvalue weighted by Gasteiger charge is 2.50. The number of rotatable bonds is 4. The molecule has 32 heavy (non-hydrogen) atoms. The third kappa shape index (κ3) is 3.79. The molecule has 1 saturated carbocycles. The molecule has 1 aliphatic carbocycles. The lowest BCUT2D eigenvalue weighted by Gasteiger charge is -2.42. The average molecular weight is 442 g/mol. The van der Waals surface area contributed by atoms with E-state index in [4.69, 9.17) is 9.47 Å². The highest BCUT2D eigenvalue weighted by atomic mass is 19.1. The largest absolute Gasteiger partial charge is 0.485 e. The van der Waals surface area contributed by atoms with E-state index in [0.717, 1.165) is 12.8 Å². The summed E-state index contributed by atoms with van der Waals surface area (Å²) in [6.45, 7) is 1.59. The van der Waals surface area contributed by atoms with Crippen molar-refractivity contribution in [2.45, 2.75) is 62.1 Å². The Morgan fingerprint density at radius 1 is 0.938 bits per heavy atom. The first-order valence-electron chi connectivity index (χ1n) is 11.6. The van der Waals surface area contributed by atoms with Gasteiger partial charge >= 0.3 is 0 Å². The van der Waals surface area contributed by atoms with Gasteiger partial charge in [0.25, 0.3) is 0 Å². The molecule has 4 nitrogen and oxygen atoms in total. The maximum Gasteiger partial charge on any atom is 0.233 e. The number of carbonyl (C=O) groups excluding carboxylic acids is 1. The van der Waals surface area contributed by atoms with Crippen LogP contribution < -0.4 is 4.74 Å². The van der Waals surface area contributed by atoms with Crippen molar-refractivity contribution in [3.8, 4) is 5.75 Å². The van der Waals surface area contributed by atoms with E-state index in [1.165, 1.54) is 12.1 Å². The summed E-state index contributed by atoms with van der Waals surface area (Å²) < 4.78 is 40.6. The van der Waals surface area contributed by atoms with Crippen molar-refractivity contribution in [1.29, 1.82) is 0 Å². The predicted molar refractivity (Wildman–Crippen MR) is 116 cm³/mol. The van der Waals surface area contributed by atoms with Crippen molar-refractivity contribution >= 4 is 5.91 Å². The summed E-state index contributed by atoms with van der Waals surface area (Å²) in [5, 5.41) is 0. The van der Waals surface area contributed by atoms with Crippen LogP contribution in [0.2, 0.25) is 0 Å². The van der Waals surface area contributed by atoms with Crippen LogP contribution in [0.15, 0.2) is 48.5 Å². The summed E-state index contributed by atoms with van der Waals surface area (Å²) in [6.07, 6.45) is 5.18. The quantitative estimate of drug-likeness (QED) is 0.670. The van der Waals surface area contributed by atoms with E-state index in [0.29, 0.717) is 57.4 Å². The second-order valence-electron chi connectivity index (χ2n) is 9.43. The molecule has 6 heteroatoms. The number of hydrogen-bond donors (Lipinski definition) is 0. The molecule has 0 radical (unpaired) electrons. The zero-order chi connectivity index (χ0) is 22.2. The van der Waals surface area contributed by atoms with E-state index in [2.05, 4.69) is 0 Å². The Balaban J connectivity index is 1.25. The van der Waals surface area contributed by atoms with E-state index in [1.54, 1.807) is 30.3 Å². The van der Waals surface area contributed by atoms with Crippen LogP contribution in [-0.2, 0) is 14.9 Å². The van der Waals surface area contributed by atoms with Gasteiger partial charge in [-0.1, -0.05) is 43.2 Å². The van der Waals surface area contributed by atoms with Crippen LogP contribution in [0.5, 0.6) is 5.75 Å². The maximum atomic E-state index is 14.7. The van der Waals surface area contributed by atoms with Crippen LogP contribution in [-0.4, -0.2) is 42.2 Å². The summed E-state index contributed by atoms with van der Waals surface area (Å²) in [5.74, 6) is -0.363. The van der Waals surface area contributed by atoms with Crippen molar-refractivity contribution in [3.05, 3.63) is 65.7 Å². The van der Waals surface area contributed by atoms with Gasteiger partial charge in [-0.3, -0.25) is 4.79 Å². The minimum absolute atomic E-state index is 0.0482. The Kier molecular flexibility index (Phi) is 5.66. The molecule has 2 aromatic carbocycles. The van der Waals surface area contributed by atoms with Gasteiger partial charge < -0.3 is 14.4 Å². The Bertz CT molecular complexity index is 981. The molecule has 0 N–H and O–H groups in total. The van der Waals surface area contributed by atoms with Gasteiger partial charge in [0.2, 0.25) is 5.91 Å². The topological polar surface area (TPSA) is 38.8 Å². The predicted octanol–water partition coefficient (Wildman–Crippen LogP) is 5.01. The number of piperidine rings is 1. The average Bonchev–Trinajstić information content (AvgIpc) is 3.44. The molecule has 1 spiro atoms. The second kappa shape index (κ2) is 8.47. The Morgan fingerprint density at radius 2 is 1.59 bits per heavy atom. The molecule has 2 saturated heterocycles. The zero-order valence-corrected chi connectivity index (χ0v) is 18.2. The first kappa shape index (κ1) is 21.4. The van der Waals surface area contributed by atoms with Crippen LogP contribution in [0.1, 0.15) is 50.5 Å². The smallest absolute Gasteiger partial charge is 0.233 e. The molecule has 1 atom stereocenters. The Morgan fingerprint density at radius 3 is 2.28 bits per heavy atom. The van der Waals surface area contributed by atoms with Gasteiger partial charge in [0.1, 0.15) is 11.9 Å². The molecule has 3 fully saturated rings. The zero-order valence-electron chi connectivity index (χ0n) is 18.2. The van der Waals surface area contributed by atoms with Crippen molar-refractivity contribution in [1.82, 2.24) is 4.90 Å². The lowest BCUT2D eigenvalue weighted by atomic mass is 9.76. The van der Waals surface area contributed by atoms with Gasteiger partial charge in [0, 0.05) is 25.1 Å². The number of halogens is 2. The summed E-state index contributed by atoms with van der Waals surface area (Å²) in [4.78, 5) is 15.6. The molecule has 170 valence electrons. The molecular weight excluding hydrogens is 412 g/mol. The summed E-state index contributed by atoms with van der Waals surface area (Å²) in [6, 6.07) is 13.1. The van der Waals surface area contributed by atoms with E-state index in [-0.39, 0.29) is 35.0 Å². The molecule has 0 aromatic heterocycles. The highest BCUT2D eigenvalue weighted by molar-refractivity contribution is 5.89. The molecule has 0 bridgehead atoms. The SMILES string of the molecule is O=C(N1CCC2(CC1)C[C@H](Oc1ccccc1F)CO2)C1(c2ccccc2F)CCCC1. The number of nitrogens with zero attached hydrogens (tertiary/aromatic N) is 1. The molecule has 0 unspecified atom stereocenters. The summed E-state index contributed by atoms with van der Waals surface area (Å²) in [5.41, 5.74) is -0.547. The summed E-state index contributed by atoms with van der Waals surface area (Å²) >= 11 is 0. The van der Waals surface area contributed by atoms with Crippen molar-refractivity contribution in [3.63, 3.8) is 0 Å². The van der Waals surface area contributed by atoms with Crippen molar-refractivity contribution in [2.75, 3.05) is 19.7 Å². The fourth-order valence-electron chi connectivity index (χ4n) is 5.79. The van der Waals surface area contributed by atoms with E-state index >= 15 is 0 Å². The van der Waals surface area contributed by atoms with Gasteiger partial charge in [-0.15, -0.1) is 0 Å². The lowest BCUT2D eigenvalue weighted by Crippen LogP contribution is -2.52. The maximum absolute atomic E-state index is 14.7. The first-order valence-corrected chi connectivity index (χ1v) is 11.6. The van der Waals surface area contributed by atoms with E-state index < -0.39 is 5.41 Å². The molecule has 2 heterocycles. The van der Waals surface area contributed by atoms with Gasteiger partial charge in [-0.2, -0.15) is 0 Å². The van der Waals surface area contributed by atoms with E-state index in [9.17, 15) is 13.6 Å². The first-order chi connectivity index (χ1) is 15.5. The van der Waals surface area contributed by atoms with Crippen molar-refractivity contribution in [2.24, 2.45) is 0 Å². The number of carbonyl (C=O) groups is 1. The Hall–Kier alpha value is -2.47. The van der Waals surface area contributed by atoms with Crippen LogP contribution in [0.4, 0.5) is 8.78 Å². The summed E-state index contributed by atoms with van der Waals surface area (Å²) in [7, 11) is 0. The van der Waals surface area contributed by atoms with Gasteiger partial charge in [-0.25, -0.2) is 8.78 Å². The second-order valence-corrected chi connectivity index (χ2v) is 9.43. The molecule has 3 aliphatic rings. The van der Waals surface area contributed by atoms with Crippen LogP contribution >= 0.6 is 0 Å². The number of ether oxygens (including phenoxy) is 2. The fraction of sp³-hybridized carbons (Fsp3) is 0.500. The molecule has 1 amide bonds. The van der Waals surface area contributed by atoms with Gasteiger partial charge in [0.15, 0.2) is 11.6 Å².